The maximum Gasteiger partial charge on any atom is 0.326 e. The number of ether oxygens (including phenoxy) is 2. The summed E-state index contributed by atoms with van der Waals surface area (Å²) in [5.41, 5.74) is 0. The van der Waals surface area contributed by atoms with Crippen molar-refractivity contribution in [2.75, 3.05) is 38.7 Å². The number of Topliss-reactive ketones (excluding diaryl/α,β-unsaturated/α-hetero) is 5. The Balaban J connectivity index is 0. The zero-order valence-electron chi connectivity index (χ0n) is 57.3. The molecule has 0 aromatic carbocycles. The number of nitrogens with zero attached hydrogens (tertiary/aromatic N) is 3. The van der Waals surface area contributed by atoms with Crippen LogP contribution in [0.25, 0.3) is 0 Å². The Morgan fingerprint density at radius 1 is 0.458 bits per heavy atom. The molecule has 30 heteroatoms. The van der Waals surface area contributed by atoms with Crippen LogP contribution in [0.5, 0.6) is 0 Å². The maximum absolute atomic E-state index is 12.4. The molecule has 1 aromatic heterocycles. The van der Waals surface area contributed by atoms with Gasteiger partial charge in [-0.15, -0.1) is 10.2 Å². The van der Waals surface area contributed by atoms with Gasteiger partial charge in [0.15, 0.2) is 5.82 Å². The number of ketones is 5. The van der Waals surface area contributed by atoms with Gasteiger partial charge in [0.1, 0.15) is 35.0 Å². The molecule has 0 aliphatic carbocycles. The number of aliphatic carboxylic acids is 5. The number of carbonyl (C=O) groups excluding carboxylic acids is 8. The SMILES string of the molecule is CCC(=O)CCCCCC(CC(=O)CCCCCCCCCCCCCCC(=O)O)C(=O)O.CCC(=O)CCCCCC(CC(C)=O)C(=O)O.CCOCCOCCNC(=O)CCC(CC(=O)CCC(NC(=O)CCCS(=O)(=O)NC(=O)CCCc1nn[nH]n1)C(=O)O)C(=O)O. The molecule has 0 aliphatic rings. The van der Waals surface area contributed by atoms with Crippen LogP contribution in [0.1, 0.15) is 271 Å². The molecule has 0 saturated carbocycles. The number of carbonyl (C=O) groups is 13. The van der Waals surface area contributed by atoms with E-state index in [0.717, 1.165) is 77.0 Å². The molecular formula is C66H113N7O22S. The van der Waals surface area contributed by atoms with Gasteiger partial charge in [0.05, 0.1) is 43.3 Å². The fourth-order valence-corrected chi connectivity index (χ4v) is 10.9. The van der Waals surface area contributed by atoms with Gasteiger partial charge >= 0.3 is 29.8 Å². The number of aryl methyl sites for hydroxylation is 1. The topological polar surface area (TPSA) is 466 Å². The van der Waals surface area contributed by atoms with Crippen LogP contribution in [-0.2, 0) is 88.2 Å². The predicted octanol–water partition coefficient (Wildman–Crippen LogP) is 8.43. The third kappa shape index (κ3) is 57.3. The average molecular weight is 1390 g/mol. The molecule has 29 nitrogen and oxygen atoms in total. The zero-order valence-corrected chi connectivity index (χ0v) is 58.2. The van der Waals surface area contributed by atoms with Crippen LogP contribution in [0.3, 0.4) is 0 Å². The highest BCUT2D eigenvalue weighted by Crippen LogP contribution is 2.20. The van der Waals surface area contributed by atoms with E-state index in [1.165, 1.54) is 45.4 Å². The van der Waals surface area contributed by atoms with E-state index in [-0.39, 0.29) is 107 Å². The maximum atomic E-state index is 12.4. The number of H-pyrrole nitrogens is 1. The normalized spacial score (nSPS) is 12.2. The van der Waals surface area contributed by atoms with Crippen LogP contribution in [0.4, 0.5) is 0 Å². The number of aromatic amines is 1. The molecule has 3 amide bonds. The molecule has 1 heterocycles. The van der Waals surface area contributed by atoms with Crippen LogP contribution in [0.15, 0.2) is 0 Å². The highest BCUT2D eigenvalue weighted by atomic mass is 32.2. The van der Waals surface area contributed by atoms with Gasteiger partial charge in [0.2, 0.25) is 27.7 Å². The zero-order chi connectivity index (χ0) is 72.4. The molecule has 550 valence electrons. The molecule has 4 unspecified atom stereocenters. The standard InChI is InChI=1S/C27H48O6.C26H43N7O12S.C13H22O4/c1-2-24(28)19-16-13-14-18-23(27(32)33)22-25(29)20-15-11-9-7-5-3-4-6-8-10-12-17-21-26(30)31;1-2-44-14-15-45-13-12-27-22(35)11-8-18(25(38)39)17-19(34)9-10-20(26(40)41)28-23(36)7-4-16-46(42,43)31-24(37)6-3-5-21-29-32-33-30-21;1-3-12(15)8-6-4-5-7-11(13(16)17)9-10(2)14/h23H,2-22H2,1H3,(H,30,31)(H,32,33);18,20H,2-17H2,1H3,(H,27,35)(H,28,36)(H,31,37)(H,38,39)(H,40,41)(H,29,30,32,33);11H,3-9H2,1-2H3,(H,16,17). The summed E-state index contributed by atoms with van der Waals surface area (Å²) in [4.78, 5) is 150. The van der Waals surface area contributed by atoms with Crippen molar-refractivity contribution in [2.24, 2.45) is 17.8 Å². The summed E-state index contributed by atoms with van der Waals surface area (Å²) in [5.74, 6) is -9.71. The summed E-state index contributed by atoms with van der Waals surface area (Å²) in [6.45, 7) is 8.81. The lowest BCUT2D eigenvalue weighted by Gasteiger charge is -2.15. The number of hydrogen-bond donors (Lipinski definition) is 9. The number of unbranched alkanes of at least 4 members (excludes halogenated alkanes) is 15. The fourth-order valence-electron chi connectivity index (χ4n) is 9.78. The average Bonchev–Trinajstić information content (AvgIpc) is 1.60. The Morgan fingerprint density at radius 3 is 1.39 bits per heavy atom. The second kappa shape index (κ2) is 59.3. The fraction of sp³-hybridized carbons (Fsp3) is 0.788. The molecule has 0 bridgehead atoms. The summed E-state index contributed by atoms with van der Waals surface area (Å²) in [5, 5.41) is 63.6. The van der Waals surface area contributed by atoms with Crippen molar-refractivity contribution in [3.63, 3.8) is 0 Å². The van der Waals surface area contributed by atoms with Crippen LogP contribution in [0.2, 0.25) is 0 Å². The number of tetrazole rings is 1. The highest BCUT2D eigenvalue weighted by Gasteiger charge is 2.27. The van der Waals surface area contributed by atoms with E-state index >= 15 is 0 Å². The lowest BCUT2D eigenvalue weighted by atomic mass is 9.93. The van der Waals surface area contributed by atoms with Crippen molar-refractivity contribution in [3.05, 3.63) is 5.82 Å². The van der Waals surface area contributed by atoms with E-state index < -0.39 is 99.3 Å². The second-order valence-electron chi connectivity index (χ2n) is 23.9. The number of carboxylic acids is 5. The Kier molecular flexibility index (Phi) is 56.3. The molecule has 96 heavy (non-hydrogen) atoms. The first kappa shape index (κ1) is 91.1. The van der Waals surface area contributed by atoms with E-state index in [0.29, 0.717) is 77.0 Å². The molecule has 9 N–H and O–H groups in total. The van der Waals surface area contributed by atoms with Crippen LogP contribution < -0.4 is 15.4 Å². The van der Waals surface area contributed by atoms with E-state index in [9.17, 15) is 86.1 Å². The van der Waals surface area contributed by atoms with Crippen molar-refractivity contribution < 1.29 is 106 Å². The van der Waals surface area contributed by atoms with Crippen molar-refractivity contribution in [1.82, 2.24) is 36.0 Å². The monoisotopic (exact) mass is 1390 g/mol. The molecule has 4 atom stereocenters. The summed E-state index contributed by atoms with van der Waals surface area (Å²) in [6, 6.07) is -1.48. The highest BCUT2D eigenvalue weighted by molar-refractivity contribution is 7.90. The number of aromatic nitrogens is 4. The Morgan fingerprint density at radius 2 is 0.917 bits per heavy atom. The number of carboxylic acid groups (broad SMARTS) is 5. The predicted molar refractivity (Wildman–Crippen MR) is 354 cm³/mol. The first-order valence-corrected chi connectivity index (χ1v) is 36.0. The number of rotatable bonds is 62. The van der Waals surface area contributed by atoms with Gasteiger partial charge in [-0.25, -0.2) is 13.2 Å². The van der Waals surface area contributed by atoms with Crippen LogP contribution >= 0.6 is 0 Å². The van der Waals surface area contributed by atoms with E-state index in [4.69, 9.17) is 19.7 Å². The van der Waals surface area contributed by atoms with Gasteiger partial charge in [-0.3, -0.25) is 57.5 Å². The molecule has 0 spiro atoms. The first-order chi connectivity index (χ1) is 45.7. The Hall–Kier alpha value is -6.95. The van der Waals surface area contributed by atoms with Crippen molar-refractivity contribution in [2.45, 2.75) is 278 Å². The van der Waals surface area contributed by atoms with Gasteiger partial charge in [0.25, 0.3) is 0 Å². The third-order valence-electron chi connectivity index (χ3n) is 15.4. The van der Waals surface area contributed by atoms with Crippen LogP contribution in [0, 0.1) is 17.8 Å². The largest absolute Gasteiger partial charge is 0.481 e. The summed E-state index contributed by atoms with van der Waals surface area (Å²) < 4.78 is 36.5. The molecule has 0 radical (unpaired) electrons. The van der Waals surface area contributed by atoms with Gasteiger partial charge in [-0.1, -0.05) is 109 Å². The summed E-state index contributed by atoms with van der Waals surface area (Å²) in [7, 11) is -4.04. The van der Waals surface area contributed by atoms with Crippen molar-refractivity contribution in [3.8, 4) is 0 Å². The smallest absolute Gasteiger partial charge is 0.326 e. The van der Waals surface area contributed by atoms with E-state index in [1.54, 1.807) is 0 Å². The minimum Gasteiger partial charge on any atom is -0.481 e. The van der Waals surface area contributed by atoms with Crippen molar-refractivity contribution in [1.29, 1.82) is 0 Å². The molecule has 0 saturated heterocycles. The Bertz CT molecular complexity index is 2530. The number of sulfonamides is 1. The molecule has 0 fully saturated rings. The lowest BCUT2D eigenvalue weighted by Crippen LogP contribution is -2.41. The first-order valence-electron chi connectivity index (χ1n) is 34.3. The minimum atomic E-state index is -4.04. The third-order valence-corrected chi connectivity index (χ3v) is 16.8. The molecule has 1 aromatic rings. The number of hydrogen-bond acceptors (Lipinski definition) is 20. The van der Waals surface area contributed by atoms with Crippen LogP contribution in [-0.4, -0.2) is 176 Å². The Labute approximate surface area is 566 Å². The van der Waals surface area contributed by atoms with Gasteiger partial charge in [-0.2, -0.15) is 5.21 Å². The molecule has 1 rings (SSSR count). The summed E-state index contributed by atoms with van der Waals surface area (Å²) in [6.07, 6.45) is 21.0. The van der Waals surface area contributed by atoms with E-state index in [2.05, 4.69) is 31.3 Å². The minimum absolute atomic E-state index is 0.0620. The van der Waals surface area contributed by atoms with Gasteiger partial charge in [-0.05, 0) is 78.1 Å². The van der Waals surface area contributed by atoms with Gasteiger partial charge < -0.3 is 50.4 Å². The quantitative estimate of drug-likeness (QED) is 0.0276. The number of nitrogens with one attached hydrogen (secondary N) is 4. The van der Waals surface area contributed by atoms with E-state index in [1.807, 2.05) is 25.5 Å². The second-order valence-corrected chi connectivity index (χ2v) is 25.8. The molecule has 0 aliphatic heterocycles. The lowest BCUT2D eigenvalue weighted by molar-refractivity contribution is -0.145. The van der Waals surface area contributed by atoms with Crippen molar-refractivity contribution >= 4 is 86.5 Å². The van der Waals surface area contributed by atoms with Gasteiger partial charge in [0, 0.05) is 103 Å². The summed E-state index contributed by atoms with van der Waals surface area (Å²) >= 11 is 0. The molecular weight excluding hydrogens is 1270 g/mol. The number of amides is 3.